The third-order valence-corrected chi connectivity index (χ3v) is 1.96. The van der Waals surface area contributed by atoms with Crippen molar-refractivity contribution >= 4 is 5.88 Å². The van der Waals surface area contributed by atoms with E-state index in [9.17, 15) is 10.1 Å². The van der Waals surface area contributed by atoms with Gasteiger partial charge in [-0.2, -0.15) is 4.98 Å². The average molecular weight is 238 g/mol. The topological polar surface area (TPSA) is 121 Å². The molecule has 0 amide bonds. The Morgan fingerprint density at radius 2 is 2.35 bits per heavy atom. The number of furan rings is 1. The molecule has 2 rings (SSSR count). The number of nitro groups is 1. The molecule has 0 spiro atoms. The molecule has 0 saturated carbocycles. The third kappa shape index (κ3) is 2.48. The van der Waals surface area contributed by atoms with Crippen LogP contribution in [-0.2, 0) is 6.42 Å². The van der Waals surface area contributed by atoms with Crippen molar-refractivity contribution in [2.75, 3.05) is 0 Å². The molecule has 0 aromatic carbocycles. The molecule has 2 aromatic rings. The van der Waals surface area contributed by atoms with E-state index in [1.54, 1.807) is 0 Å². The Labute approximate surface area is 95.6 Å². The molecule has 0 saturated heterocycles. The van der Waals surface area contributed by atoms with E-state index < -0.39 is 4.92 Å². The zero-order valence-corrected chi connectivity index (χ0v) is 8.99. The van der Waals surface area contributed by atoms with E-state index in [1.807, 2.05) is 6.92 Å². The van der Waals surface area contributed by atoms with Crippen molar-refractivity contribution in [2.24, 2.45) is 5.73 Å². The van der Waals surface area contributed by atoms with Crippen molar-refractivity contribution < 1.29 is 13.9 Å². The van der Waals surface area contributed by atoms with Crippen LogP contribution in [-0.4, -0.2) is 21.1 Å². The van der Waals surface area contributed by atoms with Gasteiger partial charge in [-0.15, -0.1) is 0 Å². The van der Waals surface area contributed by atoms with Crippen LogP contribution < -0.4 is 5.73 Å². The zero-order chi connectivity index (χ0) is 12.4. The van der Waals surface area contributed by atoms with E-state index in [1.165, 1.54) is 12.1 Å². The van der Waals surface area contributed by atoms with Crippen LogP contribution in [0.15, 0.2) is 21.1 Å². The molecule has 1 unspecified atom stereocenters. The van der Waals surface area contributed by atoms with E-state index in [-0.39, 0.29) is 23.6 Å². The summed E-state index contributed by atoms with van der Waals surface area (Å²) in [6.07, 6.45) is 0.465. The highest BCUT2D eigenvalue weighted by atomic mass is 16.6. The van der Waals surface area contributed by atoms with Crippen LogP contribution in [0, 0.1) is 10.1 Å². The largest absolute Gasteiger partial charge is 0.433 e. The van der Waals surface area contributed by atoms with Crippen LogP contribution >= 0.6 is 0 Å². The highest BCUT2D eigenvalue weighted by molar-refractivity contribution is 5.46. The van der Waals surface area contributed by atoms with Crippen LogP contribution in [0.3, 0.4) is 0 Å². The molecular weight excluding hydrogens is 228 g/mol. The van der Waals surface area contributed by atoms with Gasteiger partial charge in [-0.25, -0.2) is 0 Å². The predicted octanol–water partition coefficient (Wildman–Crippen LogP) is 1.13. The highest BCUT2D eigenvalue weighted by Gasteiger charge is 2.18. The molecule has 8 nitrogen and oxygen atoms in total. The number of nitrogens with two attached hydrogens (primary N) is 1. The Hall–Kier alpha value is -2.22. The number of hydrogen-bond acceptors (Lipinski definition) is 7. The highest BCUT2D eigenvalue weighted by Crippen LogP contribution is 2.24. The number of nitrogens with zero attached hydrogens (tertiary/aromatic N) is 3. The minimum absolute atomic E-state index is 0.0913. The molecule has 8 heteroatoms. The standard InChI is InChI=1S/C9H10N4O4/c1-5(10)4-7-11-9(17-12-7)6-2-3-8(16-6)13(14)15/h2-3,5H,4,10H2,1H3. The van der Waals surface area contributed by atoms with Gasteiger partial charge in [-0.1, -0.05) is 5.16 Å². The van der Waals surface area contributed by atoms with Crippen molar-refractivity contribution in [1.82, 2.24) is 10.1 Å². The molecule has 90 valence electrons. The van der Waals surface area contributed by atoms with Gasteiger partial charge in [0.05, 0.1) is 6.07 Å². The SMILES string of the molecule is CC(N)Cc1noc(-c2ccc([N+](=O)[O-])o2)n1. The summed E-state index contributed by atoms with van der Waals surface area (Å²) in [6, 6.07) is 2.54. The maximum absolute atomic E-state index is 10.4. The van der Waals surface area contributed by atoms with Crippen molar-refractivity contribution in [1.29, 1.82) is 0 Å². The fraction of sp³-hybridized carbons (Fsp3) is 0.333. The summed E-state index contributed by atoms with van der Waals surface area (Å²) in [5.41, 5.74) is 5.58. The van der Waals surface area contributed by atoms with Gasteiger partial charge in [0.25, 0.3) is 5.89 Å². The van der Waals surface area contributed by atoms with E-state index in [4.69, 9.17) is 14.7 Å². The molecule has 0 radical (unpaired) electrons. The lowest BCUT2D eigenvalue weighted by atomic mass is 10.2. The summed E-state index contributed by atoms with van der Waals surface area (Å²) in [6.45, 7) is 1.81. The van der Waals surface area contributed by atoms with E-state index in [0.717, 1.165) is 0 Å². The smallest absolute Gasteiger partial charge is 0.395 e. The summed E-state index contributed by atoms with van der Waals surface area (Å²) in [5.74, 6) is 0.342. The van der Waals surface area contributed by atoms with Gasteiger partial charge in [0, 0.05) is 12.5 Å². The molecule has 2 aromatic heterocycles. The molecule has 0 aliphatic heterocycles. The van der Waals surface area contributed by atoms with Crippen LogP contribution in [0.1, 0.15) is 12.7 Å². The van der Waals surface area contributed by atoms with Gasteiger partial charge in [0.2, 0.25) is 0 Å². The Morgan fingerprint density at radius 1 is 1.59 bits per heavy atom. The van der Waals surface area contributed by atoms with E-state index in [0.29, 0.717) is 12.2 Å². The van der Waals surface area contributed by atoms with Gasteiger partial charge in [-0.05, 0) is 13.0 Å². The lowest BCUT2D eigenvalue weighted by molar-refractivity contribution is -0.401. The van der Waals surface area contributed by atoms with Crippen molar-refractivity contribution in [3.8, 4) is 11.7 Å². The molecular formula is C9H10N4O4. The average Bonchev–Trinajstić information content (AvgIpc) is 2.83. The first-order valence-corrected chi connectivity index (χ1v) is 4.89. The number of rotatable bonds is 4. The van der Waals surface area contributed by atoms with E-state index in [2.05, 4.69) is 10.1 Å². The first kappa shape index (κ1) is 11.3. The summed E-state index contributed by atoms with van der Waals surface area (Å²) in [7, 11) is 0. The third-order valence-electron chi connectivity index (χ3n) is 1.96. The zero-order valence-electron chi connectivity index (χ0n) is 8.99. The fourth-order valence-corrected chi connectivity index (χ4v) is 1.27. The normalized spacial score (nSPS) is 12.6. The molecule has 0 aliphatic rings. The quantitative estimate of drug-likeness (QED) is 0.625. The predicted molar refractivity (Wildman–Crippen MR) is 56.0 cm³/mol. The minimum atomic E-state index is -0.636. The van der Waals surface area contributed by atoms with Crippen molar-refractivity contribution in [3.63, 3.8) is 0 Å². The number of hydrogen-bond donors (Lipinski definition) is 1. The summed E-state index contributed by atoms with van der Waals surface area (Å²) >= 11 is 0. The van der Waals surface area contributed by atoms with Crippen LogP contribution in [0.25, 0.3) is 11.7 Å². The van der Waals surface area contributed by atoms with Gasteiger partial charge in [0.1, 0.15) is 4.92 Å². The molecule has 0 fully saturated rings. The maximum atomic E-state index is 10.4. The minimum Gasteiger partial charge on any atom is -0.395 e. The van der Waals surface area contributed by atoms with Crippen LogP contribution in [0.5, 0.6) is 0 Å². The van der Waals surface area contributed by atoms with Crippen LogP contribution in [0.2, 0.25) is 0 Å². The maximum Gasteiger partial charge on any atom is 0.433 e. The lowest BCUT2D eigenvalue weighted by Gasteiger charge is -1.96. The molecule has 17 heavy (non-hydrogen) atoms. The Bertz CT molecular complexity index is 531. The summed E-state index contributed by atoms with van der Waals surface area (Å²) in [4.78, 5) is 13.8. The second-order valence-electron chi connectivity index (χ2n) is 3.59. The van der Waals surface area contributed by atoms with Gasteiger partial charge in [-0.3, -0.25) is 10.1 Å². The van der Waals surface area contributed by atoms with Gasteiger partial charge < -0.3 is 14.7 Å². The first-order chi connectivity index (χ1) is 8.06. The van der Waals surface area contributed by atoms with Gasteiger partial charge >= 0.3 is 5.88 Å². The molecule has 0 aliphatic carbocycles. The molecule has 0 bridgehead atoms. The second-order valence-corrected chi connectivity index (χ2v) is 3.59. The second kappa shape index (κ2) is 4.34. The first-order valence-electron chi connectivity index (χ1n) is 4.89. The fourth-order valence-electron chi connectivity index (χ4n) is 1.27. The van der Waals surface area contributed by atoms with Gasteiger partial charge in [0.15, 0.2) is 11.6 Å². The van der Waals surface area contributed by atoms with Crippen molar-refractivity contribution in [3.05, 3.63) is 28.1 Å². The summed E-state index contributed by atoms with van der Waals surface area (Å²) in [5, 5.41) is 14.1. The van der Waals surface area contributed by atoms with Crippen molar-refractivity contribution in [2.45, 2.75) is 19.4 Å². The monoisotopic (exact) mass is 238 g/mol. The Kier molecular flexibility index (Phi) is 2.88. The molecule has 2 heterocycles. The Balaban J connectivity index is 2.21. The van der Waals surface area contributed by atoms with Crippen LogP contribution in [0.4, 0.5) is 5.88 Å². The lowest BCUT2D eigenvalue weighted by Crippen LogP contribution is -2.18. The number of aromatic nitrogens is 2. The molecule has 1 atom stereocenters. The van der Waals surface area contributed by atoms with E-state index >= 15 is 0 Å². The Morgan fingerprint density at radius 3 is 2.94 bits per heavy atom. The summed E-state index contributed by atoms with van der Waals surface area (Å²) < 4.78 is 9.83. The molecule has 2 N–H and O–H groups in total.